The van der Waals surface area contributed by atoms with E-state index in [2.05, 4.69) is 14.3 Å². The number of hydrogen-bond donors (Lipinski definition) is 1. The molecule has 0 amide bonds. The van der Waals surface area contributed by atoms with E-state index in [9.17, 15) is 0 Å². The molecule has 7 heteroatoms. The standard InChI is InChI=1S/C9H6N4OS2/c10-5-1-2-6-7(3-5)14-8(13-6)15-9-11-4-12-16-9/h1-4H,10H2. The van der Waals surface area contributed by atoms with Crippen LogP contribution in [0.25, 0.3) is 11.1 Å². The first-order chi connectivity index (χ1) is 7.81. The highest BCUT2D eigenvalue weighted by Crippen LogP contribution is 2.30. The van der Waals surface area contributed by atoms with Gasteiger partial charge < -0.3 is 10.2 Å². The van der Waals surface area contributed by atoms with Crippen molar-refractivity contribution in [3.05, 3.63) is 24.5 Å². The van der Waals surface area contributed by atoms with Gasteiger partial charge in [0.1, 0.15) is 11.8 Å². The van der Waals surface area contributed by atoms with Crippen molar-refractivity contribution in [3.63, 3.8) is 0 Å². The van der Waals surface area contributed by atoms with Crippen molar-refractivity contribution in [2.75, 3.05) is 5.73 Å². The van der Waals surface area contributed by atoms with Gasteiger partial charge in [0.05, 0.1) is 0 Å². The van der Waals surface area contributed by atoms with Gasteiger partial charge in [0.25, 0.3) is 5.22 Å². The summed E-state index contributed by atoms with van der Waals surface area (Å²) < 4.78 is 10.2. The zero-order chi connectivity index (χ0) is 11.0. The summed E-state index contributed by atoms with van der Waals surface area (Å²) in [5, 5.41) is 0.553. The van der Waals surface area contributed by atoms with Crippen LogP contribution < -0.4 is 5.73 Å². The minimum atomic E-state index is 0.553. The fraction of sp³-hybridized carbons (Fsp3) is 0. The molecule has 0 saturated carbocycles. The molecule has 1 aromatic carbocycles. The molecule has 0 unspecified atom stereocenters. The van der Waals surface area contributed by atoms with E-state index in [1.165, 1.54) is 29.6 Å². The van der Waals surface area contributed by atoms with E-state index in [1.807, 2.05) is 6.07 Å². The summed E-state index contributed by atoms with van der Waals surface area (Å²) in [7, 11) is 0. The van der Waals surface area contributed by atoms with E-state index in [-0.39, 0.29) is 0 Å². The molecule has 5 nitrogen and oxygen atoms in total. The highest BCUT2D eigenvalue weighted by atomic mass is 32.2. The van der Waals surface area contributed by atoms with Gasteiger partial charge in [0.15, 0.2) is 9.92 Å². The van der Waals surface area contributed by atoms with Gasteiger partial charge in [-0.2, -0.15) is 4.37 Å². The molecule has 0 radical (unpaired) electrons. The maximum atomic E-state index is 5.65. The van der Waals surface area contributed by atoms with Crippen LogP contribution in [0, 0.1) is 0 Å². The van der Waals surface area contributed by atoms with Gasteiger partial charge in [-0.25, -0.2) is 9.97 Å². The zero-order valence-electron chi connectivity index (χ0n) is 7.95. The maximum Gasteiger partial charge on any atom is 0.264 e. The van der Waals surface area contributed by atoms with E-state index in [0.29, 0.717) is 16.5 Å². The zero-order valence-corrected chi connectivity index (χ0v) is 9.59. The van der Waals surface area contributed by atoms with Gasteiger partial charge in [-0.15, -0.1) is 0 Å². The Bertz CT molecular complexity index is 620. The minimum Gasteiger partial charge on any atom is -0.431 e. The van der Waals surface area contributed by atoms with Crippen molar-refractivity contribution < 1.29 is 4.42 Å². The Morgan fingerprint density at radius 1 is 1.38 bits per heavy atom. The summed E-state index contributed by atoms with van der Waals surface area (Å²) in [6.45, 7) is 0. The maximum absolute atomic E-state index is 5.65. The van der Waals surface area contributed by atoms with Crippen LogP contribution in [0.5, 0.6) is 0 Å². The molecule has 2 N–H and O–H groups in total. The van der Waals surface area contributed by atoms with Crippen molar-refractivity contribution in [2.45, 2.75) is 9.56 Å². The van der Waals surface area contributed by atoms with Crippen LogP contribution in [-0.2, 0) is 0 Å². The van der Waals surface area contributed by atoms with Gasteiger partial charge in [0, 0.05) is 23.5 Å². The molecule has 3 rings (SSSR count). The first-order valence-corrected chi connectivity index (χ1v) is 6.01. The molecule has 3 aromatic rings. The molecule has 0 atom stereocenters. The predicted molar refractivity (Wildman–Crippen MR) is 62.5 cm³/mol. The van der Waals surface area contributed by atoms with Crippen LogP contribution in [0.15, 0.2) is 38.5 Å². The monoisotopic (exact) mass is 250 g/mol. The summed E-state index contributed by atoms with van der Waals surface area (Å²) in [4.78, 5) is 8.35. The summed E-state index contributed by atoms with van der Waals surface area (Å²) >= 11 is 2.66. The third-order valence-corrected chi connectivity index (χ3v) is 3.47. The second kappa shape index (κ2) is 3.76. The molecule has 2 heterocycles. The van der Waals surface area contributed by atoms with Crippen molar-refractivity contribution >= 4 is 40.1 Å². The van der Waals surface area contributed by atoms with Crippen molar-refractivity contribution in [1.82, 2.24) is 14.3 Å². The average molecular weight is 250 g/mol. The molecular weight excluding hydrogens is 244 g/mol. The van der Waals surface area contributed by atoms with Crippen molar-refractivity contribution in [3.8, 4) is 0 Å². The minimum absolute atomic E-state index is 0.553. The van der Waals surface area contributed by atoms with Gasteiger partial charge in [-0.3, -0.25) is 0 Å². The van der Waals surface area contributed by atoms with E-state index in [0.717, 1.165) is 9.86 Å². The topological polar surface area (TPSA) is 77.8 Å². The second-order valence-corrected chi connectivity index (χ2v) is 4.99. The molecular formula is C9H6N4OS2. The molecule has 0 aliphatic carbocycles. The summed E-state index contributed by atoms with van der Waals surface area (Å²) in [6, 6.07) is 5.38. The van der Waals surface area contributed by atoms with Gasteiger partial charge >= 0.3 is 0 Å². The van der Waals surface area contributed by atoms with Crippen LogP contribution in [0.1, 0.15) is 0 Å². The lowest BCUT2D eigenvalue weighted by atomic mass is 10.3. The molecule has 80 valence electrons. The van der Waals surface area contributed by atoms with E-state index in [1.54, 1.807) is 12.1 Å². The number of hydrogen-bond acceptors (Lipinski definition) is 7. The van der Waals surface area contributed by atoms with Crippen molar-refractivity contribution in [1.29, 1.82) is 0 Å². The third-order valence-electron chi connectivity index (χ3n) is 1.91. The Morgan fingerprint density at radius 2 is 2.31 bits per heavy atom. The molecule has 0 aliphatic rings. The lowest BCUT2D eigenvalue weighted by Gasteiger charge is -1.88. The van der Waals surface area contributed by atoms with Crippen LogP contribution >= 0.6 is 23.3 Å². The number of aromatic nitrogens is 3. The van der Waals surface area contributed by atoms with Crippen LogP contribution in [0.2, 0.25) is 0 Å². The SMILES string of the molecule is Nc1ccc2nc(Sc3ncns3)oc2c1. The predicted octanol–water partition coefficient (Wildman–Crippen LogP) is 2.41. The highest BCUT2D eigenvalue weighted by molar-refractivity contribution is 8.00. The number of nitrogens with zero attached hydrogens (tertiary/aromatic N) is 3. The largest absolute Gasteiger partial charge is 0.431 e. The number of nitrogens with two attached hydrogens (primary N) is 1. The Labute approximate surface area is 98.9 Å². The smallest absolute Gasteiger partial charge is 0.264 e. The molecule has 0 spiro atoms. The molecule has 0 fully saturated rings. The van der Waals surface area contributed by atoms with Crippen LogP contribution in [-0.4, -0.2) is 14.3 Å². The van der Waals surface area contributed by atoms with Gasteiger partial charge in [0.2, 0.25) is 0 Å². The summed E-state index contributed by atoms with van der Waals surface area (Å²) in [5.41, 5.74) is 7.80. The molecule has 16 heavy (non-hydrogen) atoms. The third kappa shape index (κ3) is 1.74. The second-order valence-electron chi connectivity index (χ2n) is 3.02. The van der Waals surface area contributed by atoms with E-state index >= 15 is 0 Å². The fourth-order valence-corrected chi connectivity index (χ4v) is 2.54. The number of anilines is 1. The number of benzene rings is 1. The lowest BCUT2D eigenvalue weighted by molar-refractivity contribution is 0.489. The summed E-state index contributed by atoms with van der Waals surface area (Å²) in [5.74, 6) is 0. The van der Waals surface area contributed by atoms with Gasteiger partial charge in [-0.1, -0.05) is 0 Å². The molecule has 0 aliphatic heterocycles. The average Bonchev–Trinajstić information content (AvgIpc) is 2.86. The number of oxazole rings is 1. The lowest BCUT2D eigenvalue weighted by Crippen LogP contribution is -1.81. The molecule has 0 saturated heterocycles. The summed E-state index contributed by atoms with van der Waals surface area (Å²) in [6.07, 6.45) is 1.51. The fourth-order valence-electron chi connectivity index (χ4n) is 1.25. The Kier molecular flexibility index (Phi) is 2.26. The number of fused-ring (bicyclic) bond motifs is 1. The highest BCUT2D eigenvalue weighted by Gasteiger charge is 2.09. The normalized spacial score (nSPS) is 11.0. The van der Waals surface area contributed by atoms with Crippen LogP contribution in [0.4, 0.5) is 5.69 Å². The number of rotatable bonds is 2. The molecule has 2 aromatic heterocycles. The molecule has 0 bridgehead atoms. The van der Waals surface area contributed by atoms with E-state index < -0.39 is 0 Å². The Balaban J connectivity index is 1.99. The van der Waals surface area contributed by atoms with Gasteiger partial charge in [-0.05, 0) is 23.7 Å². The Morgan fingerprint density at radius 3 is 3.12 bits per heavy atom. The Hall–Kier alpha value is -1.60. The van der Waals surface area contributed by atoms with Crippen LogP contribution in [0.3, 0.4) is 0 Å². The quantitative estimate of drug-likeness (QED) is 0.704. The first-order valence-electron chi connectivity index (χ1n) is 4.42. The van der Waals surface area contributed by atoms with E-state index in [4.69, 9.17) is 10.2 Å². The first kappa shape index (κ1) is 9.61. The van der Waals surface area contributed by atoms with Crippen molar-refractivity contribution in [2.24, 2.45) is 0 Å². The number of nitrogen functional groups attached to an aromatic ring is 1.